The van der Waals surface area contributed by atoms with Crippen molar-refractivity contribution in [1.29, 1.82) is 0 Å². The van der Waals surface area contributed by atoms with Crippen molar-refractivity contribution in [2.24, 2.45) is 0 Å². The molecule has 1 heterocycles. The molecule has 68 valence electrons. The predicted octanol–water partition coefficient (Wildman–Crippen LogP) is 0.213. The van der Waals surface area contributed by atoms with Gasteiger partial charge in [-0.1, -0.05) is 6.58 Å². The van der Waals surface area contributed by atoms with Crippen molar-refractivity contribution in [1.82, 2.24) is 0 Å². The molecular weight excluding hydrogens is 160 g/mol. The van der Waals surface area contributed by atoms with E-state index in [2.05, 4.69) is 6.58 Å². The monoisotopic (exact) mass is 172 g/mol. The zero-order valence-corrected chi connectivity index (χ0v) is 6.95. The smallest absolute Gasteiger partial charge is 0.336 e. The van der Waals surface area contributed by atoms with Crippen molar-refractivity contribution in [3.05, 3.63) is 12.2 Å². The second-order valence-electron chi connectivity index (χ2n) is 2.56. The molecule has 1 fully saturated rings. The maximum Gasteiger partial charge on any atom is 0.336 e. The number of hydrogen-bond donors (Lipinski definition) is 1. The van der Waals surface area contributed by atoms with Gasteiger partial charge in [-0.25, -0.2) is 4.79 Å². The molecule has 0 aliphatic carbocycles. The normalized spacial score (nSPS) is 27.5. The molecule has 4 nitrogen and oxygen atoms in total. The van der Waals surface area contributed by atoms with Crippen LogP contribution in [0.2, 0.25) is 0 Å². The van der Waals surface area contributed by atoms with Gasteiger partial charge in [0.1, 0.15) is 0 Å². The van der Waals surface area contributed by atoms with E-state index in [0.29, 0.717) is 13.0 Å². The molecule has 1 aliphatic rings. The number of aliphatic hydroxyl groups is 1. The fraction of sp³-hybridized carbons (Fsp3) is 0.625. The van der Waals surface area contributed by atoms with E-state index in [4.69, 9.17) is 14.6 Å². The summed E-state index contributed by atoms with van der Waals surface area (Å²) in [5.74, 6) is -0.450. The minimum atomic E-state index is -0.749. The standard InChI is InChI=1S/C8H12O4/c1-3-11-8(10)5(2)6-4-7(9)12-6/h6-7,9H,2-4H2,1H3. The van der Waals surface area contributed by atoms with Crippen molar-refractivity contribution in [2.45, 2.75) is 25.7 Å². The topological polar surface area (TPSA) is 55.8 Å². The lowest BCUT2D eigenvalue weighted by Crippen LogP contribution is -2.40. The van der Waals surface area contributed by atoms with Crippen molar-refractivity contribution in [2.75, 3.05) is 6.61 Å². The molecule has 1 rings (SSSR count). The summed E-state index contributed by atoms with van der Waals surface area (Å²) in [5.41, 5.74) is 0.280. The molecule has 0 amide bonds. The maximum absolute atomic E-state index is 11.0. The summed E-state index contributed by atoms with van der Waals surface area (Å²) in [4.78, 5) is 11.0. The first-order chi connectivity index (χ1) is 5.65. The molecule has 12 heavy (non-hydrogen) atoms. The molecule has 0 aromatic carbocycles. The number of ether oxygens (including phenoxy) is 2. The molecule has 2 atom stereocenters. The lowest BCUT2D eigenvalue weighted by molar-refractivity contribution is -0.219. The number of rotatable bonds is 3. The summed E-state index contributed by atoms with van der Waals surface area (Å²) in [6.07, 6.45) is -0.683. The van der Waals surface area contributed by atoms with E-state index < -0.39 is 12.3 Å². The SMILES string of the molecule is C=C(C(=O)OCC)C1CC(O)O1. The number of hydrogen-bond acceptors (Lipinski definition) is 4. The minimum Gasteiger partial charge on any atom is -0.463 e. The highest BCUT2D eigenvalue weighted by molar-refractivity contribution is 5.89. The first kappa shape index (κ1) is 9.22. The van der Waals surface area contributed by atoms with Crippen LogP contribution in [0, 0.1) is 0 Å². The van der Waals surface area contributed by atoms with Crippen LogP contribution in [0.4, 0.5) is 0 Å². The van der Waals surface area contributed by atoms with Crippen LogP contribution in [0.5, 0.6) is 0 Å². The highest BCUT2D eigenvalue weighted by atomic mass is 16.6. The highest BCUT2D eigenvalue weighted by Gasteiger charge is 2.33. The zero-order chi connectivity index (χ0) is 9.14. The van der Waals surface area contributed by atoms with Crippen LogP contribution in [-0.2, 0) is 14.3 Å². The van der Waals surface area contributed by atoms with E-state index >= 15 is 0 Å². The molecule has 0 aromatic heterocycles. The zero-order valence-electron chi connectivity index (χ0n) is 6.95. The van der Waals surface area contributed by atoms with E-state index in [9.17, 15) is 4.79 Å². The second kappa shape index (κ2) is 3.69. The number of aliphatic hydroxyl groups excluding tert-OH is 1. The van der Waals surface area contributed by atoms with Crippen LogP contribution < -0.4 is 0 Å². The molecular formula is C8H12O4. The lowest BCUT2D eigenvalue weighted by atomic mass is 10.0. The van der Waals surface area contributed by atoms with E-state index in [1.165, 1.54) is 0 Å². The van der Waals surface area contributed by atoms with E-state index in [-0.39, 0.29) is 11.7 Å². The summed E-state index contributed by atoms with van der Waals surface area (Å²) >= 11 is 0. The first-order valence-corrected chi connectivity index (χ1v) is 3.84. The average molecular weight is 172 g/mol. The predicted molar refractivity (Wildman–Crippen MR) is 41.3 cm³/mol. The Hall–Kier alpha value is -0.870. The molecule has 4 heteroatoms. The van der Waals surface area contributed by atoms with Crippen LogP contribution in [0.15, 0.2) is 12.2 Å². The average Bonchev–Trinajstić information content (AvgIpc) is 1.98. The third-order valence-electron chi connectivity index (χ3n) is 1.66. The molecule has 0 bridgehead atoms. The Labute approximate surface area is 70.8 Å². The van der Waals surface area contributed by atoms with Gasteiger partial charge >= 0.3 is 5.97 Å². The van der Waals surface area contributed by atoms with E-state index in [1.54, 1.807) is 6.92 Å². The van der Waals surface area contributed by atoms with Crippen molar-refractivity contribution in [3.8, 4) is 0 Å². The van der Waals surface area contributed by atoms with Crippen LogP contribution in [0.1, 0.15) is 13.3 Å². The first-order valence-electron chi connectivity index (χ1n) is 3.84. The molecule has 1 aliphatic heterocycles. The quantitative estimate of drug-likeness (QED) is 0.488. The highest BCUT2D eigenvalue weighted by Crippen LogP contribution is 2.24. The minimum absolute atomic E-state index is 0.280. The Morgan fingerprint density at radius 3 is 2.83 bits per heavy atom. The molecule has 0 aromatic rings. The number of carbonyl (C=O) groups is 1. The fourth-order valence-corrected chi connectivity index (χ4v) is 0.941. The van der Waals surface area contributed by atoms with Crippen LogP contribution >= 0.6 is 0 Å². The lowest BCUT2D eigenvalue weighted by Gasteiger charge is -2.32. The molecule has 2 unspecified atom stereocenters. The largest absolute Gasteiger partial charge is 0.463 e. The van der Waals surface area contributed by atoms with E-state index in [1.807, 2.05) is 0 Å². The van der Waals surface area contributed by atoms with Gasteiger partial charge in [0.2, 0.25) is 0 Å². The van der Waals surface area contributed by atoms with Gasteiger partial charge < -0.3 is 14.6 Å². The van der Waals surface area contributed by atoms with Crippen molar-refractivity contribution in [3.63, 3.8) is 0 Å². The van der Waals surface area contributed by atoms with Gasteiger partial charge in [0.05, 0.1) is 18.3 Å². The van der Waals surface area contributed by atoms with Gasteiger partial charge in [-0.05, 0) is 6.92 Å². The summed E-state index contributed by atoms with van der Waals surface area (Å²) in [6.45, 7) is 5.57. The Kier molecular flexibility index (Phi) is 2.83. The Balaban J connectivity index is 2.33. The number of carbonyl (C=O) groups excluding carboxylic acids is 1. The fourth-order valence-electron chi connectivity index (χ4n) is 0.941. The van der Waals surface area contributed by atoms with Crippen LogP contribution in [0.25, 0.3) is 0 Å². The third-order valence-corrected chi connectivity index (χ3v) is 1.66. The van der Waals surface area contributed by atoms with Gasteiger partial charge in [-0.15, -0.1) is 0 Å². The molecule has 0 spiro atoms. The van der Waals surface area contributed by atoms with Gasteiger partial charge in [-0.2, -0.15) is 0 Å². The Morgan fingerprint density at radius 1 is 1.83 bits per heavy atom. The molecule has 0 saturated carbocycles. The summed E-state index contributed by atoms with van der Waals surface area (Å²) in [5, 5.41) is 8.76. The number of esters is 1. The van der Waals surface area contributed by atoms with E-state index in [0.717, 1.165) is 0 Å². The second-order valence-corrected chi connectivity index (χ2v) is 2.56. The van der Waals surface area contributed by atoms with Crippen LogP contribution in [0.3, 0.4) is 0 Å². The summed E-state index contributed by atoms with van der Waals surface area (Å²) < 4.78 is 9.52. The van der Waals surface area contributed by atoms with Gasteiger partial charge in [-0.3, -0.25) is 0 Å². The molecule has 1 saturated heterocycles. The summed E-state index contributed by atoms with van der Waals surface area (Å²) in [7, 11) is 0. The van der Waals surface area contributed by atoms with Gasteiger partial charge in [0.15, 0.2) is 6.29 Å². The maximum atomic E-state index is 11.0. The summed E-state index contributed by atoms with van der Waals surface area (Å²) in [6, 6.07) is 0. The molecule has 0 radical (unpaired) electrons. The Morgan fingerprint density at radius 2 is 2.42 bits per heavy atom. The van der Waals surface area contributed by atoms with Crippen molar-refractivity contribution >= 4 is 5.97 Å². The van der Waals surface area contributed by atoms with Gasteiger partial charge in [0.25, 0.3) is 0 Å². The Bertz CT molecular complexity index is 193. The third kappa shape index (κ3) is 1.84. The van der Waals surface area contributed by atoms with Crippen LogP contribution in [-0.4, -0.2) is 30.1 Å². The molecule has 1 N–H and O–H groups in total. The van der Waals surface area contributed by atoms with Crippen molar-refractivity contribution < 1.29 is 19.4 Å². The van der Waals surface area contributed by atoms with Gasteiger partial charge in [0, 0.05) is 6.42 Å².